The first-order valence-corrected chi connectivity index (χ1v) is 6.05. The zero-order valence-electron chi connectivity index (χ0n) is 11.2. The highest BCUT2D eigenvalue weighted by Crippen LogP contribution is 2.35. The molecule has 0 fully saturated rings. The Kier molecular flexibility index (Phi) is 2.90. The van der Waals surface area contributed by atoms with Gasteiger partial charge in [-0.2, -0.15) is 0 Å². The Bertz CT molecular complexity index is 767. The second-order valence-electron chi connectivity index (χ2n) is 4.20. The van der Waals surface area contributed by atoms with E-state index in [2.05, 4.69) is 9.97 Å². The molecule has 0 spiro atoms. The fourth-order valence-electron chi connectivity index (χ4n) is 2.10. The molecule has 0 amide bonds. The van der Waals surface area contributed by atoms with Gasteiger partial charge in [-0.3, -0.25) is 4.40 Å². The number of ether oxygens (including phenoxy) is 2. The van der Waals surface area contributed by atoms with E-state index in [-0.39, 0.29) is 0 Å². The molecule has 1 aromatic carbocycles. The van der Waals surface area contributed by atoms with Gasteiger partial charge in [-0.25, -0.2) is 9.97 Å². The molecule has 102 valence electrons. The molecule has 0 aliphatic heterocycles. The van der Waals surface area contributed by atoms with E-state index in [1.54, 1.807) is 36.9 Å². The van der Waals surface area contributed by atoms with Crippen molar-refractivity contribution in [3.8, 4) is 22.8 Å². The molecule has 6 heteroatoms. The van der Waals surface area contributed by atoms with Crippen molar-refractivity contribution in [3.63, 3.8) is 0 Å². The third kappa shape index (κ3) is 1.82. The summed E-state index contributed by atoms with van der Waals surface area (Å²) < 4.78 is 12.3. The summed E-state index contributed by atoms with van der Waals surface area (Å²) in [7, 11) is 3.21. The normalized spacial score (nSPS) is 10.7. The van der Waals surface area contributed by atoms with Crippen LogP contribution in [0.15, 0.2) is 36.7 Å². The van der Waals surface area contributed by atoms with E-state index in [1.807, 2.05) is 18.3 Å². The van der Waals surface area contributed by atoms with Gasteiger partial charge in [0, 0.05) is 24.0 Å². The summed E-state index contributed by atoms with van der Waals surface area (Å²) in [4.78, 5) is 8.64. The monoisotopic (exact) mass is 270 g/mol. The Morgan fingerprint density at radius 2 is 2.05 bits per heavy atom. The van der Waals surface area contributed by atoms with Crippen LogP contribution in [0.5, 0.6) is 11.5 Å². The molecule has 0 unspecified atom stereocenters. The number of hydrogen-bond acceptors (Lipinski definition) is 5. The van der Waals surface area contributed by atoms with Gasteiger partial charge in [0.05, 0.1) is 14.2 Å². The molecule has 20 heavy (non-hydrogen) atoms. The highest BCUT2D eigenvalue weighted by atomic mass is 16.5. The zero-order chi connectivity index (χ0) is 14.1. The van der Waals surface area contributed by atoms with Crippen molar-refractivity contribution >= 4 is 11.6 Å². The number of hydrogen-bond donors (Lipinski definition) is 1. The number of methoxy groups -OCH3 is 2. The summed E-state index contributed by atoms with van der Waals surface area (Å²) in [6.07, 6.45) is 3.50. The first-order chi connectivity index (χ1) is 9.74. The van der Waals surface area contributed by atoms with Crippen LogP contribution in [0.25, 0.3) is 17.0 Å². The molecular formula is C14H14N4O2. The molecule has 0 bridgehead atoms. The van der Waals surface area contributed by atoms with Gasteiger partial charge in [0.25, 0.3) is 0 Å². The predicted molar refractivity (Wildman–Crippen MR) is 75.9 cm³/mol. The molecule has 0 aliphatic carbocycles. The highest BCUT2D eigenvalue weighted by Gasteiger charge is 2.16. The zero-order valence-corrected chi connectivity index (χ0v) is 11.2. The Morgan fingerprint density at radius 3 is 2.75 bits per heavy atom. The van der Waals surface area contributed by atoms with Crippen molar-refractivity contribution in [1.29, 1.82) is 0 Å². The molecule has 0 saturated heterocycles. The number of aromatic nitrogens is 3. The van der Waals surface area contributed by atoms with Gasteiger partial charge in [0.1, 0.15) is 23.0 Å². The van der Waals surface area contributed by atoms with Gasteiger partial charge in [-0.15, -0.1) is 0 Å². The summed E-state index contributed by atoms with van der Waals surface area (Å²) >= 11 is 0. The van der Waals surface area contributed by atoms with Crippen LogP contribution in [0.2, 0.25) is 0 Å². The van der Waals surface area contributed by atoms with Crippen molar-refractivity contribution in [2.24, 2.45) is 0 Å². The predicted octanol–water partition coefficient (Wildman–Crippen LogP) is 2.00. The fraction of sp³-hybridized carbons (Fsp3) is 0.143. The van der Waals surface area contributed by atoms with E-state index in [0.29, 0.717) is 28.8 Å². The Balaban J connectivity index is 2.22. The van der Waals surface area contributed by atoms with Crippen molar-refractivity contribution in [3.05, 3.63) is 36.7 Å². The molecule has 0 radical (unpaired) electrons. The Labute approximate surface area is 115 Å². The molecular weight excluding hydrogens is 256 g/mol. The lowest BCUT2D eigenvalue weighted by Gasteiger charge is -2.09. The minimum atomic E-state index is 0.525. The van der Waals surface area contributed by atoms with Gasteiger partial charge in [0.15, 0.2) is 0 Å². The maximum Gasteiger partial charge on any atom is 0.235 e. The van der Waals surface area contributed by atoms with E-state index in [0.717, 1.165) is 5.56 Å². The lowest BCUT2D eigenvalue weighted by atomic mass is 10.1. The Hall–Kier alpha value is -2.76. The molecule has 0 aliphatic rings. The third-order valence-electron chi connectivity index (χ3n) is 3.10. The number of nitrogens with zero attached hydrogens (tertiary/aromatic N) is 3. The number of imidazole rings is 1. The van der Waals surface area contributed by atoms with Crippen molar-refractivity contribution in [2.75, 3.05) is 20.0 Å². The summed E-state index contributed by atoms with van der Waals surface area (Å²) in [5, 5.41) is 0. The molecule has 3 rings (SSSR count). The number of nitrogens with two attached hydrogens (primary N) is 1. The average Bonchev–Trinajstić information content (AvgIpc) is 2.84. The van der Waals surface area contributed by atoms with Crippen LogP contribution in [0.3, 0.4) is 0 Å². The first kappa shape index (κ1) is 12.3. The fourth-order valence-corrected chi connectivity index (χ4v) is 2.10. The second kappa shape index (κ2) is 4.73. The minimum Gasteiger partial charge on any atom is -0.497 e. The molecule has 3 aromatic rings. The van der Waals surface area contributed by atoms with Crippen LogP contribution >= 0.6 is 0 Å². The highest BCUT2D eigenvalue weighted by molar-refractivity contribution is 5.78. The molecule has 6 nitrogen and oxygen atoms in total. The van der Waals surface area contributed by atoms with E-state index < -0.39 is 0 Å². The molecule has 0 atom stereocenters. The SMILES string of the molecule is COc1ccc(-c2nc3ncccn3c2N)c(OC)c1. The largest absolute Gasteiger partial charge is 0.497 e. The van der Waals surface area contributed by atoms with Gasteiger partial charge in [-0.05, 0) is 18.2 Å². The van der Waals surface area contributed by atoms with Gasteiger partial charge < -0.3 is 15.2 Å². The van der Waals surface area contributed by atoms with Gasteiger partial charge in [0.2, 0.25) is 5.78 Å². The summed E-state index contributed by atoms with van der Waals surface area (Å²) in [6, 6.07) is 7.32. The number of benzene rings is 1. The van der Waals surface area contributed by atoms with Crippen LogP contribution in [-0.2, 0) is 0 Å². The van der Waals surface area contributed by atoms with Crippen molar-refractivity contribution in [1.82, 2.24) is 14.4 Å². The maximum absolute atomic E-state index is 6.14. The first-order valence-electron chi connectivity index (χ1n) is 6.05. The number of nitrogen functional groups attached to an aromatic ring is 1. The molecule has 2 aromatic heterocycles. The smallest absolute Gasteiger partial charge is 0.235 e. The molecule has 2 N–H and O–H groups in total. The standard InChI is InChI=1S/C14H14N4O2/c1-19-9-4-5-10(11(8-9)20-2)12-13(15)18-7-3-6-16-14(18)17-12/h3-8H,15H2,1-2H3. The van der Waals surface area contributed by atoms with Crippen molar-refractivity contribution < 1.29 is 9.47 Å². The number of fused-ring (bicyclic) bond motifs is 1. The van der Waals surface area contributed by atoms with Crippen molar-refractivity contribution in [2.45, 2.75) is 0 Å². The van der Waals surface area contributed by atoms with Crippen LogP contribution in [0.4, 0.5) is 5.82 Å². The summed E-state index contributed by atoms with van der Waals surface area (Å²) in [6.45, 7) is 0. The van der Waals surface area contributed by atoms with Gasteiger partial charge in [-0.1, -0.05) is 0 Å². The lowest BCUT2D eigenvalue weighted by Crippen LogP contribution is -1.96. The third-order valence-corrected chi connectivity index (χ3v) is 3.10. The lowest BCUT2D eigenvalue weighted by molar-refractivity contribution is 0.395. The molecule has 2 heterocycles. The van der Waals surface area contributed by atoms with Crippen LogP contribution < -0.4 is 15.2 Å². The van der Waals surface area contributed by atoms with E-state index >= 15 is 0 Å². The second-order valence-corrected chi connectivity index (χ2v) is 4.20. The van der Waals surface area contributed by atoms with Gasteiger partial charge >= 0.3 is 0 Å². The average molecular weight is 270 g/mol. The van der Waals surface area contributed by atoms with E-state index in [4.69, 9.17) is 15.2 Å². The van der Waals surface area contributed by atoms with Crippen LogP contribution in [-0.4, -0.2) is 28.6 Å². The van der Waals surface area contributed by atoms with E-state index in [9.17, 15) is 0 Å². The number of anilines is 1. The summed E-state index contributed by atoms with van der Waals surface area (Å²) in [5.74, 6) is 2.44. The Morgan fingerprint density at radius 1 is 1.20 bits per heavy atom. The van der Waals surface area contributed by atoms with Crippen LogP contribution in [0, 0.1) is 0 Å². The maximum atomic E-state index is 6.14. The minimum absolute atomic E-state index is 0.525. The molecule has 0 saturated carbocycles. The van der Waals surface area contributed by atoms with E-state index in [1.165, 1.54) is 0 Å². The quantitative estimate of drug-likeness (QED) is 0.787. The van der Waals surface area contributed by atoms with Crippen LogP contribution in [0.1, 0.15) is 0 Å². The topological polar surface area (TPSA) is 74.7 Å². The number of rotatable bonds is 3. The summed E-state index contributed by atoms with van der Waals surface area (Å²) in [5.41, 5.74) is 7.58.